The molecule has 1 aromatic carbocycles. The zero-order chi connectivity index (χ0) is 11.4. The molecule has 0 heterocycles. The average molecular weight is 290 g/mol. The molecule has 80 valence electrons. The number of nitrogens with two attached hydrogens (primary N) is 1. The first-order valence-electron chi connectivity index (χ1n) is 4.17. The summed E-state index contributed by atoms with van der Waals surface area (Å²) in [5.74, 6) is -0.270. The van der Waals surface area contributed by atoms with Gasteiger partial charge in [-0.1, -0.05) is 34.1 Å². The standard InChI is InChI=1S/C10H10BrClN2O/c1-6(11)5-14-10(15)8-4-7(13)2-3-9(8)12/h2-4H,1,5,13H2,(H,14,15). The molecule has 3 nitrogen and oxygen atoms in total. The molecule has 5 heteroatoms. The van der Waals surface area contributed by atoms with Crippen molar-refractivity contribution in [2.45, 2.75) is 0 Å². The molecular formula is C10H10BrClN2O. The van der Waals surface area contributed by atoms with Crippen molar-refractivity contribution in [1.82, 2.24) is 5.32 Å². The molecule has 0 fully saturated rings. The minimum Gasteiger partial charge on any atom is -0.399 e. The zero-order valence-corrected chi connectivity index (χ0v) is 10.2. The third-order valence-corrected chi connectivity index (χ3v) is 2.29. The van der Waals surface area contributed by atoms with Gasteiger partial charge in [-0.25, -0.2) is 0 Å². The second-order valence-corrected chi connectivity index (χ2v) is 4.47. The van der Waals surface area contributed by atoms with Gasteiger partial charge in [0.2, 0.25) is 0 Å². The average Bonchev–Trinajstić information content (AvgIpc) is 2.18. The van der Waals surface area contributed by atoms with Gasteiger partial charge in [-0.3, -0.25) is 4.79 Å². The number of carbonyl (C=O) groups excluding carboxylic acids is 1. The number of rotatable bonds is 3. The highest BCUT2D eigenvalue weighted by atomic mass is 79.9. The molecule has 0 atom stereocenters. The Kier molecular flexibility index (Phi) is 4.17. The smallest absolute Gasteiger partial charge is 0.253 e. The number of hydrogen-bond donors (Lipinski definition) is 2. The Morgan fingerprint density at radius 1 is 1.60 bits per heavy atom. The van der Waals surface area contributed by atoms with Crippen LogP contribution < -0.4 is 11.1 Å². The van der Waals surface area contributed by atoms with E-state index in [0.29, 0.717) is 27.3 Å². The SMILES string of the molecule is C=C(Br)CNC(=O)c1cc(N)ccc1Cl. The normalized spacial score (nSPS) is 9.73. The second-order valence-electron chi connectivity index (χ2n) is 2.94. The van der Waals surface area contributed by atoms with Crippen LogP contribution in [0.4, 0.5) is 5.69 Å². The fourth-order valence-corrected chi connectivity index (χ4v) is 1.33. The maximum Gasteiger partial charge on any atom is 0.253 e. The summed E-state index contributed by atoms with van der Waals surface area (Å²) in [4.78, 5) is 11.6. The lowest BCUT2D eigenvalue weighted by molar-refractivity contribution is 0.0958. The van der Waals surface area contributed by atoms with E-state index in [9.17, 15) is 4.79 Å². The predicted octanol–water partition coefficient (Wildman–Crippen LogP) is 2.56. The van der Waals surface area contributed by atoms with E-state index >= 15 is 0 Å². The van der Waals surface area contributed by atoms with E-state index in [1.165, 1.54) is 6.07 Å². The highest BCUT2D eigenvalue weighted by Gasteiger charge is 2.09. The first kappa shape index (κ1) is 12.1. The molecule has 1 amide bonds. The lowest BCUT2D eigenvalue weighted by atomic mass is 10.2. The van der Waals surface area contributed by atoms with Crippen LogP contribution in [0.1, 0.15) is 10.4 Å². The first-order chi connectivity index (χ1) is 7.00. The summed E-state index contributed by atoms with van der Waals surface area (Å²) < 4.78 is 0.691. The molecule has 15 heavy (non-hydrogen) atoms. The monoisotopic (exact) mass is 288 g/mol. The Morgan fingerprint density at radius 2 is 2.27 bits per heavy atom. The summed E-state index contributed by atoms with van der Waals surface area (Å²) in [6.07, 6.45) is 0. The van der Waals surface area contributed by atoms with Crippen LogP contribution in [0.15, 0.2) is 29.3 Å². The minimum atomic E-state index is -0.270. The van der Waals surface area contributed by atoms with Gasteiger partial charge < -0.3 is 11.1 Å². The highest BCUT2D eigenvalue weighted by molar-refractivity contribution is 9.11. The maximum absolute atomic E-state index is 11.6. The van der Waals surface area contributed by atoms with Crippen LogP contribution in [0.5, 0.6) is 0 Å². The Bertz CT molecular complexity index is 406. The molecule has 0 aliphatic heterocycles. The van der Waals surface area contributed by atoms with Gasteiger partial charge in [0.05, 0.1) is 10.6 Å². The van der Waals surface area contributed by atoms with Crippen LogP contribution in [-0.4, -0.2) is 12.5 Å². The number of hydrogen-bond acceptors (Lipinski definition) is 2. The van der Waals surface area contributed by atoms with Crippen molar-refractivity contribution >= 4 is 39.1 Å². The molecule has 0 radical (unpaired) electrons. The van der Waals surface area contributed by atoms with Crippen molar-refractivity contribution in [1.29, 1.82) is 0 Å². The summed E-state index contributed by atoms with van der Waals surface area (Å²) in [5, 5.41) is 3.02. The number of nitrogens with one attached hydrogen (secondary N) is 1. The molecule has 0 unspecified atom stereocenters. The summed E-state index contributed by atoms with van der Waals surface area (Å²) in [6, 6.07) is 4.77. The van der Waals surface area contributed by atoms with Crippen LogP contribution >= 0.6 is 27.5 Å². The molecule has 0 aromatic heterocycles. The van der Waals surface area contributed by atoms with Crippen molar-refractivity contribution < 1.29 is 4.79 Å². The highest BCUT2D eigenvalue weighted by Crippen LogP contribution is 2.18. The molecular weight excluding hydrogens is 279 g/mol. The van der Waals surface area contributed by atoms with Gasteiger partial charge >= 0.3 is 0 Å². The molecule has 1 rings (SSSR count). The summed E-state index contributed by atoms with van der Waals surface area (Å²) in [7, 11) is 0. The molecule has 1 aromatic rings. The van der Waals surface area contributed by atoms with Gasteiger partial charge in [0.25, 0.3) is 5.91 Å². The van der Waals surface area contributed by atoms with Gasteiger partial charge in [-0.05, 0) is 18.2 Å². The van der Waals surface area contributed by atoms with Crippen LogP contribution in [0.3, 0.4) is 0 Å². The lowest BCUT2D eigenvalue weighted by Gasteiger charge is -2.06. The third kappa shape index (κ3) is 3.57. The van der Waals surface area contributed by atoms with Crippen molar-refractivity contribution in [2.75, 3.05) is 12.3 Å². The number of anilines is 1. The summed E-state index contributed by atoms with van der Waals surface area (Å²) >= 11 is 9.00. The van der Waals surface area contributed by atoms with E-state index in [1.54, 1.807) is 12.1 Å². The number of carbonyl (C=O) groups is 1. The van der Waals surface area contributed by atoms with Gasteiger partial charge in [-0.15, -0.1) is 0 Å². The second kappa shape index (κ2) is 5.19. The Hall–Kier alpha value is -1.00. The van der Waals surface area contributed by atoms with E-state index in [-0.39, 0.29) is 5.91 Å². The molecule has 3 N–H and O–H groups in total. The number of amides is 1. The van der Waals surface area contributed by atoms with E-state index in [1.807, 2.05) is 0 Å². The van der Waals surface area contributed by atoms with Gasteiger partial charge in [0.15, 0.2) is 0 Å². The van der Waals surface area contributed by atoms with Crippen molar-refractivity contribution in [2.24, 2.45) is 0 Å². The van der Waals surface area contributed by atoms with Crippen LogP contribution in [0, 0.1) is 0 Å². The molecule has 0 bridgehead atoms. The van der Waals surface area contributed by atoms with Gasteiger partial charge in [0, 0.05) is 16.7 Å². The summed E-state index contributed by atoms with van der Waals surface area (Å²) in [5.41, 5.74) is 6.42. The van der Waals surface area contributed by atoms with Crippen LogP contribution in [0.2, 0.25) is 5.02 Å². The fourth-order valence-electron chi connectivity index (χ4n) is 0.988. The van der Waals surface area contributed by atoms with E-state index < -0.39 is 0 Å². The minimum absolute atomic E-state index is 0.270. The number of benzene rings is 1. The fraction of sp³-hybridized carbons (Fsp3) is 0.100. The Balaban J connectivity index is 2.81. The van der Waals surface area contributed by atoms with Crippen LogP contribution in [0.25, 0.3) is 0 Å². The van der Waals surface area contributed by atoms with E-state index in [4.69, 9.17) is 17.3 Å². The topological polar surface area (TPSA) is 55.1 Å². The summed E-state index contributed by atoms with van der Waals surface area (Å²) in [6.45, 7) is 3.96. The van der Waals surface area contributed by atoms with Crippen LogP contribution in [-0.2, 0) is 0 Å². The van der Waals surface area contributed by atoms with Gasteiger partial charge in [0.1, 0.15) is 0 Å². The number of halogens is 2. The maximum atomic E-state index is 11.6. The molecule has 0 saturated carbocycles. The van der Waals surface area contributed by atoms with Crippen molar-refractivity contribution in [3.8, 4) is 0 Å². The number of nitrogen functional groups attached to an aromatic ring is 1. The van der Waals surface area contributed by atoms with Crippen molar-refractivity contribution in [3.63, 3.8) is 0 Å². The largest absolute Gasteiger partial charge is 0.399 e. The molecule has 0 aliphatic carbocycles. The Labute approximate surface area is 101 Å². The predicted molar refractivity (Wildman–Crippen MR) is 66.3 cm³/mol. The van der Waals surface area contributed by atoms with Crippen molar-refractivity contribution in [3.05, 3.63) is 39.8 Å². The molecule has 0 spiro atoms. The third-order valence-electron chi connectivity index (χ3n) is 1.68. The van der Waals surface area contributed by atoms with Gasteiger partial charge in [-0.2, -0.15) is 0 Å². The quantitative estimate of drug-likeness (QED) is 0.840. The first-order valence-corrected chi connectivity index (χ1v) is 5.34. The zero-order valence-electron chi connectivity index (χ0n) is 7.89. The molecule has 0 saturated heterocycles. The molecule has 0 aliphatic rings. The van der Waals surface area contributed by atoms with E-state index in [2.05, 4.69) is 27.8 Å². The Morgan fingerprint density at radius 3 is 2.87 bits per heavy atom. The van der Waals surface area contributed by atoms with E-state index in [0.717, 1.165) is 0 Å². The lowest BCUT2D eigenvalue weighted by Crippen LogP contribution is -2.24.